The second kappa shape index (κ2) is 5.58. The number of rotatable bonds is 3. The number of hydrogen-bond donors (Lipinski definition) is 0. The first kappa shape index (κ1) is 14.2. The molecule has 3 aromatic rings. The van der Waals surface area contributed by atoms with Crippen LogP contribution < -0.4 is 4.74 Å². The van der Waals surface area contributed by atoms with Crippen molar-refractivity contribution < 1.29 is 4.74 Å². The van der Waals surface area contributed by atoms with Crippen LogP contribution >= 0.6 is 23.2 Å². The number of fused-ring (bicyclic) bond motifs is 1. The second-order valence-electron chi connectivity index (χ2n) is 4.73. The summed E-state index contributed by atoms with van der Waals surface area (Å²) in [7, 11) is 1.64. The normalized spacial score (nSPS) is 12.6. The van der Waals surface area contributed by atoms with Crippen molar-refractivity contribution in [2.24, 2.45) is 0 Å². The molecule has 0 amide bonds. The molecule has 3 rings (SSSR count). The number of benzene rings is 2. The Balaban J connectivity index is 2.35. The zero-order valence-electron chi connectivity index (χ0n) is 11.7. The number of halogens is 2. The van der Waals surface area contributed by atoms with Crippen LogP contribution in [0.5, 0.6) is 5.75 Å². The Morgan fingerprint density at radius 3 is 2.67 bits per heavy atom. The van der Waals surface area contributed by atoms with Gasteiger partial charge < -0.3 is 4.74 Å². The molecule has 0 aliphatic heterocycles. The minimum Gasteiger partial charge on any atom is -0.497 e. The lowest BCUT2D eigenvalue weighted by atomic mass is 10.2. The van der Waals surface area contributed by atoms with Crippen molar-refractivity contribution in [3.05, 3.63) is 53.3 Å². The van der Waals surface area contributed by atoms with Crippen molar-refractivity contribution >= 4 is 34.2 Å². The maximum absolute atomic E-state index is 6.37. The third kappa shape index (κ3) is 2.47. The molecule has 0 radical (unpaired) electrons. The standard InChI is InChI=1S/C16H14Cl2N2O/c1-10(17)16-19-14-8-4-7-13(18)15(14)20(16)11-5-3-6-12(9-11)21-2/h3-10H,1-2H3. The number of methoxy groups -OCH3 is 1. The van der Waals surface area contributed by atoms with E-state index in [-0.39, 0.29) is 5.38 Å². The monoisotopic (exact) mass is 320 g/mol. The van der Waals surface area contributed by atoms with E-state index < -0.39 is 0 Å². The fourth-order valence-corrected chi connectivity index (χ4v) is 2.78. The van der Waals surface area contributed by atoms with E-state index in [1.165, 1.54) is 0 Å². The summed E-state index contributed by atoms with van der Waals surface area (Å²) in [5.74, 6) is 1.53. The van der Waals surface area contributed by atoms with Crippen LogP contribution in [0.3, 0.4) is 0 Å². The highest BCUT2D eigenvalue weighted by Crippen LogP contribution is 2.32. The molecule has 108 valence electrons. The molecule has 0 spiro atoms. The minimum absolute atomic E-state index is 0.236. The molecule has 5 heteroatoms. The van der Waals surface area contributed by atoms with Gasteiger partial charge in [-0.25, -0.2) is 4.98 Å². The Kier molecular flexibility index (Phi) is 3.79. The number of nitrogens with zero attached hydrogens (tertiary/aromatic N) is 2. The Morgan fingerprint density at radius 2 is 1.95 bits per heavy atom. The van der Waals surface area contributed by atoms with Crippen LogP contribution in [0.2, 0.25) is 5.02 Å². The van der Waals surface area contributed by atoms with Crippen LogP contribution in [-0.4, -0.2) is 16.7 Å². The molecule has 3 nitrogen and oxygen atoms in total. The Bertz CT molecular complexity index is 796. The first-order chi connectivity index (χ1) is 10.1. The average molecular weight is 321 g/mol. The van der Waals surface area contributed by atoms with Gasteiger partial charge >= 0.3 is 0 Å². The Labute approximate surface area is 133 Å². The summed E-state index contributed by atoms with van der Waals surface area (Å²) in [5, 5.41) is 0.408. The van der Waals surface area contributed by atoms with Crippen molar-refractivity contribution in [3.63, 3.8) is 0 Å². The Morgan fingerprint density at radius 1 is 1.19 bits per heavy atom. The maximum atomic E-state index is 6.37. The van der Waals surface area contributed by atoms with E-state index in [0.717, 1.165) is 28.3 Å². The molecule has 1 atom stereocenters. The molecular formula is C16H14Cl2N2O. The molecule has 0 fully saturated rings. The number of aromatic nitrogens is 2. The average Bonchev–Trinajstić information content (AvgIpc) is 2.88. The zero-order valence-corrected chi connectivity index (χ0v) is 13.2. The van der Waals surface area contributed by atoms with Crippen molar-refractivity contribution in [1.82, 2.24) is 9.55 Å². The van der Waals surface area contributed by atoms with Gasteiger partial charge in [0, 0.05) is 6.07 Å². The number of ether oxygens (including phenoxy) is 1. The van der Waals surface area contributed by atoms with Crippen LogP contribution in [0.15, 0.2) is 42.5 Å². The summed E-state index contributed by atoms with van der Waals surface area (Å²) in [6.07, 6.45) is 0. The second-order valence-corrected chi connectivity index (χ2v) is 5.79. The third-order valence-electron chi connectivity index (χ3n) is 3.32. The highest BCUT2D eigenvalue weighted by molar-refractivity contribution is 6.35. The summed E-state index contributed by atoms with van der Waals surface area (Å²) in [4.78, 5) is 4.61. The number of para-hydroxylation sites is 1. The van der Waals surface area contributed by atoms with E-state index in [4.69, 9.17) is 27.9 Å². The molecule has 0 saturated heterocycles. The molecule has 21 heavy (non-hydrogen) atoms. The van der Waals surface area contributed by atoms with Gasteiger partial charge in [0.15, 0.2) is 0 Å². The van der Waals surface area contributed by atoms with Crippen LogP contribution in [0, 0.1) is 0 Å². The summed E-state index contributed by atoms with van der Waals surface area (Å²) in [5.41, 5.74) is 2.61. The number of hydrogen-bond acceptors (Lipinski definition) is 2. The lowest BCUT2D eigenvalue weighted by Crippen LogP contribution is -2.02. The van der Waals surface area contributed by atoms with Gasteiger partial charge in [0.25, 0.3) is 0 Å². The van der Waals surface area contributed by atoms with Crippen molar-refractivity contribution in [1.29, 1.82) is 0 Å². The molecule has 0 bridgehead atoms. The van der Waals surface area contributed by atoms with Crippen LogP contribution in [-0.2, 0) is 0 Å². The highest BCUT2D eigenvalue weighted by atomic mass is 35.5. The lowest BCUT2D eigenvalue weighted by molar-refractivity contribution is 0.414. The molecule has 0 saturated carbocycles. The first-order valence-corrected chi connectivity index (χ1v) is 7.38. The molecule has 0 aliphatic carbocycles. The fraction of sp³-hybridized carbons (Fsp3) is 0.188. The fourth-order valence-electron chi connectivity index (χ4n) is 2.38. The van der Waals surface area contributed by atoms with Gasteiger partial charge in [-0.3, -0.25) is 4.57 Å². The van der Waals surface area contributed by atoms with E-state index >= 15 is 0 Å². The van der Waals surface area contributed by atoms with Crippen LogP contribution in [0.25, 0.3) is 16.7 Å². The predicted octanol–water partition coefficient (Wildman–Crippen LogP) is 4.99. The van der Waals surface area contributed by atoms with E-state index in [2.05, 4.69) is 4.98 Å². The maximum Gasteiger partial charge on any atom is 0.132 e. The molecule has 0 aliphatic rings. The molecule has 0 N–H and O–H groups in total. The smallest absolute Gasteiger partial charge is 0.132 e. The summed E-state index contributed by atoms with van der Waals surface area (Å²) in [6, 6.07) is 13.4. The summed E-state index contributed by atoms with van der Waals surface area (Å²) >= 11 is 12.7. The van der Waals surface area contributed by atoms with E-state index in [1.807, 2.05) is 54.0 Å². The third-order valence-corrected chi connectivity index (χ3v) is 3.82. The molecule has 1 heterocycles. The Hall–Kier alpha value is -1.71. The quantitative estimate of drug-likeness (QED) is 0.636. The molecule has 2 aromatic carbocycles. The van der Waals surface area contributed by atoms with Gasteiger partial charge in [-0.15, -0.1) is 11.6 Å². The topological polar surface area (TPSA) is 27.1 Å². The van der Waals surface area contributed by atoms with E-state index in [9.17, 15) is 0 Å². The molecular weight excluding hydrogens is 307 g/mol. The number of imidazole rings is 1. The predicted molar refractivity (Wildman–Crippen MR) is 86.9 cm³/mol. The number of alkyl halides is 1. The van der Waals surface area contributed by atoms with Gasteiger partial charge in [-0.2, -0.15) is 0 Å². The van der Waals surface area contributed by atoms with Gasteiger partial charge in [-0.05, 0) is 31.2 Å². The zero-order chi connectivity index (χ0) is 15.0. The van der Waals surface area contributed by atoms with Crippen LogP contribution in [0.4, 0.5) is 0 Å². The molecule has 1 aromatic heterocycles. The minimum atomic E-state index is -0.236. The van der Waals surface area contributed by atoms with Gasteiger partial charge in [0.1, 0.15) is 11.6 Å². The van der Waals surface area contributed by atoms with E-state index in [0.29, 0.717) is 5.02 Å². The summed E-state index contributed by atoms with van der Waals surface area (Å²) < 4.78 is 7.28. The van der Waals surface area contributed by atoms with E-state index in [1.54, 1.807) is 7.11 Å². The van der Waals surface area contributed by atoms with Crippen molar-refractivity contribution in [2.75, 3.05) is 7.11 Å². The highest BCUT2D eigenvalue weighted by Gasteiger charge is 2.18. The SMILES string of the molecule is COc1cccc(-n2c(C(C)Cl)nc3cccc(Cl)c32)c1. The van der Waals surface area contributed by atoms with Crippen LogP contribution in [0.1, 0.15) is 18.1 Å². The lowest BCUT2D eigenvalue weighted by Gasteiger charge is -2.12. The largest absolute Gasteiger partial charge is 0.497 e. The molecule has 1 unspecified atom stereocenters. The van der Waals surface area contributed by atoms with Gasteiger partial charge in [0.2, 0.25) is 0 Å². The summed E-state index contributed by atoms with van der Waals surface area (Å²) in [6.45, 7) is 1.90. The van der Waals surface area contributed by atoms with Gasteiger partial charge in [-0.1, -0.05) is 23.7 Å². The van der Waals surface area contributed by atoms with Crippen molar-refractivity contribution in [3.8, 4) is 11.4 Å². The van der Waals surface area contributed by atoms with Gasteiger partial charge in [0.05, 0.1) is 34.2 Å². The van der Waals surface area contributed by atoms with Crippen molar-refractivity contribution in [2.45, 2.75) is 12.3 Å². The first-order valence-electron chi connectivity index (χ1n) is 6.57.